The van der Waals surface area contributed by atoms with Crippen LogP contribution in [0.4, 0.5) is 5.69 Å². The lowest BCUT2D eigenvalue weighted by Crippen LogP contribution is -2.39. The van der Waals surface area contributed by atoms with Crippen LogP contribution < -0.4 is 10.2 Å². The van der Waals surface area contributed by atoms with E-state index in [1.54, 1.807) is 0 Å². The average Bonchev–Trinajstić information content (AvgIpc) is 2.39. The lowest BCUT2D eigenvalue weighted by molar-refractivity contribution is -0.142. The largest absolute Gasteiger partial charge is 0.481 e. The van der Waals surface area contributed by atoms with Crippen LogP contribution in [0.3, 0.4) is 0 Å². The molecule has 1 fully saturated rings. The van der Waals surface area contributed by atoms with Crippen molar-refractivity contribution in [3.63, 3.8) is 0 Å². The molecule has 98 valence electrons. The molecule has 1 saturated heterocycles. The van der Waals surface area contributed by atoms with E-state index in [1.807, 2.05) is 37.2 Å². The summed E-state index contributed by atoms with van der Waals surface area (Å²) in [5.74, 6) is -0.915. The van der Waals surface area contributed by atoms with Gasteiger partial charge in [0.1, 0.15) is 0 Å². The number of carbonyl (C=O) groups is 1. The molecule has 1 aliphatic heterocycles. The number of benzene rings is 1. The van der Waals surface area contributed by atoms with Crippen LogP contribution in [0.15, 0.2) is 24.3 Å². The number of piperidine rings is 1. The topological polar surface area (TPSA) is 52.6 Å². The summed E-state index contributed by atoms with van der Waals surface area (Å²) in [7, 11) is 3.99. The maximum atomic E-state index is 11.3. The fraction of sp³-hybridized carbons (Fsp3) is 0.500. The third kappa shape index (κ3) is 2.64. The van der Waals surface area contributed by atoms with Crippen LogP contribution in [0.1, 0.15) is 17.9 Å². The highest BCUT2D eigenvalue weighted by Gasteiger charge is 2.31. The molecule has 18 heavy (non-hydrogen) atoms. The summed E-state index contributed by atoms with van der Waals surface area (Å²) in [6.07, 6.45) is 0.883. The molecule has 0 radical (unpaired) electrons. The highest BCUT2D eigenvalue weighted by molar-refractivity contribution is 5.72. The van der Waals surface area contributed by atoms with Gasteiger partial charge in [-0.05, 0) is 36.6 Å². The first-order valence-electron chi connectivity index (χ1n) is 6.30. The second kappa shape index (κ2) is 5.40. The van der Waals surface area contributed by atoms with Crippen LogP contribution >= 0.6 is 0 Å². The van der Waals surface area contributed by atoms with Crippen LogP contribution in [-0.2, 0) is 4.79 Å². The Morgan fingerprint density at radius 2 is 2.22 bits per heavy atom. The highest BCUT2D eigenvalue weighted by atomic mass is 16.4. The van der Waals surface area contributed by atoms with Crippen molar-refractivity contribution in [1.29, 1.82) is 0 Å². The summed E-state index contributed by atoms with van der Waals surface area (Å²) in [6, 6.07) is 8.19. The van der Waals surface area contributed by atoms with Gasteiger partial charge in [0, 0.05) is 26.3 Å². The number of carboxylic acid groups (broad SMARTS) is 1. The molecule has 0 saturated carbocycles. The third-order valence-corrected chi connectivity index (χ3v) is 3.61. The van der Waals surface area contributed by atoms with Gasteiger partial charge in [0.25, 0.3) is 0 Å². The van der Waals surface area contributed by atoms with Gasteiger partial charge in [-0.3, -0.25) is 4.79 Å². The Balaban J connectivity index is 2.28. The molecular formula is C14H20N2O2. The number of aliphatic carboxylic acids is 1. The van der Waals surface area contributed by atoms with E-state index in [9.17, 15) is 9.90 Å². The van der Waals surface area contributed by atoms with Gasteiger partial charge in [-0.15, -0.1) is 0 Å². The van der Waals surface area contributed by atoms with Gasteiger partial charge in [-0.25, -0.2) is 0 Å². The van der Waals surface area contributed by atoms with Crippen molar-refractivity contribution in [1.82, 2.24) is 5.32 Å². The first-order valence-corrected chi connectivity index (χ1v) is 6.30. The van der Waals surface area contributed by atoms with Gasteiger partial charge in [-0.1, -0.05) is 12.1 Å². The zero-order valence-electron chi connectivity index (χ0n) is 10.9. The molecular weight excluding hydrogens is 228 g/mol. The predicted molar refractivity (Wildman–Crippen MR) is 72.1 cm³/mol. The van der Waals surface area contributed by atoms with E-state index in [4.69, 9.17) is 0 Å². The van der Waals surface area contributed by atoms with Crippen LogP contribution in [0.25, 0.3) is 0 Å². The second-order valence-corrected chi connectivity index (χ2v) is 5.03. The van der Waals surface area contributed by atoms with E-state index in [-0.39, 0.29) is 11.8 Å². The van der Waals surface area contributed by atoms with Gasteiger partial charge < -0.3 is 15.3 Å². The maximum absolute atomic E-state index is 11.3. The molecule has 1 heterocycles. The Morgan fingerprint density at radius 1 is 1.44 bits per heavy atom. The Bertz CT molecular complexity index is 432. The van der Waals surface area contributed by atoms with Gasteiger partial charge in [0.15, 0.2) is 0 Å². The SMILES string of the molecule is CN(C)c1cccc(C2CCNCC2C(=O)O)c1. The van der Waals surface area contributed by atoms with E-state index < -0.39 is 5.97 Å². The van der Waals surface area contributed by atoms with E-state index in [0.29, 0.717) is 6.54 Å². The highest BCUT2D eigenvalue weighted by Crippen LogP contribution is 2.32. The number of hydrogen-bond acceptors (Lipinski definition) is 3. The number of hydrogen-bond donors (Lipinski definition) is 2. The summed E-state index contributed by atoms with van der Waals surface area (Å²) in [5, 5.41) is 12.5. The van der Waals surface area contributed by atoms with Crippen LogP contribution in [0.5, 0.6) is 0 Å². The number of anilines is 1. The third-order valence-electron chi connectivity index (χ3n) is 3.61. The summed E-state index contributed by atoms with van der Waals surface area (Å²) in [5.41, 5.74) is 2.25. The molecule has 0 spiro atoms. The molecule has 4 heteroatoms. The molecule has 2 rings (SSSR count). The minimum atomic E-state index is -0.706. The Kier molecular flexibility index (Phi) is 3.87. The van der Waals surface area contributed by atoms with Gasteiger partial charge in [0.05, 0.1) is 5.92 Å². The molecule has 0 amide bonds. The fourth-order valence-electron chi connectivity index (χ4n) is 2.55. The lowest BCUT2D eigenvalue weighted by atomic mass is 9.81. The Morgan fingerprint density at radius 3 is 2.89 bits per heavy atom. The monoisotopic (exact) mass is 248 g/mol. The zero-order chi connectivity index (χ0) is 13.1. The number of carboxylic acids is 1. The van der Waals surface area contributed by atoms with E-state index >= 15 is 0 Å². The molecule has 0 aromatic heterocycles. The summed E-state index contributed by atoms with van der Waals surface area (Å²) in [4.78, 5) is 13.3. The van der Waals surface area contributed by atoms with Crippen molar-refractivity contribution < 1.29 is 9.90 Å². The van der Waals surface area contributed by atoms with Crippen LogP contribution in [0.2, 0.25) is 0 Å². The first-order chi connectivity index (χ1) is 8.59. The molecule has 4 nitrogen and oxygen atoms in total. The molecule has 1 aliphatic rings. The average molecular weight is 248 g/mol. The summed E-state index contributed by atoms with van der Waals surface area (Å²) < 4.78 is 0. The van der Waals surface area contributed by atoms with E-state index in [2.05, 4.69) is 11.4 Å². The molecule has 2 N–H and O–H groups in total. The smallest absolute Gasteiger partial charge is 0.308 e. The molecule has 1 aromatic rings. The normalized spacial score (nSPS) is 23.7. The van der Waals surface area contributed by atoms with Crippen molar-refractivity contribution in [3.05, 3.63) is 29.8 Å². The first kappa shape index (κ1) is 12.9. The van der Waals surface area contributed by atoms with Gasteiger partial charge in [0.2, 0.25) is 0 Å². The van der Waals surface area contributed by atoms with Crippen molar-refractivity contribution in [2.75, 3.05) is 32.1 Å². The molecule has 0 aliphatic carbocycles. The van der Waals surface area contributed by atoms with E-state index in [1.165, 1.54) is 0 Å². The summed E-state index contributed by atoms with van der Waals surface area (Å²) in [6.45, 7) is 1.45. The number of nitrogens with one attached hydrogen (secondary N) is 1. The van der Waals surface area contributed by atoms with Crippen LogP contribution in [-0.4, -0.2) is 38.3 Å². The molecule has 2 unspecified atom stereocenters. The van der Waals surface area contributed by atoms with Crippen LogP contribution in [0, 0.1) is 5.92 Å². The second-order valence-electron chi connectivity index (χ2n) is 5.03. The van der Waals surface area contributed by atoms with Gasteiger partial charge in [-0.2, -0.15) is 0 Å². The van der Waals surface area contributed by atoms with Crippen molar-refractivity contribution in [2.45, 2.75) is 12.3 Å². The number of rotatable bonds is 3. The minimum absolute atomic E-state index is 0.114. The molecule has 1 aromatic carbocycles. The molecule has 0 bridgehead atoms. The lowest BCUT2D eigenvalue weighted by Gasteiger charge is -2.30. The van der Waals surface area contributed by atoms with E-state index in [0.717, 1.165) is 24.2 Å². The summed E-state index contributed by atoms with van der Waals surface area (Å²) >= 11 is 0. The van der Waals surface area contributed by atoms with Crippen molar-refractivity contribution in [2.24, 2.45) is 5.92 Å². The zero-order valence-corrected chi connectivity index (χ0v) is 10.9. The molecule has 2 atom stereocenters. The quantitative estimate of drug-likeness (QED) is 0.852. The minimum Gasteiger partial charge on any atom is -0.481 e. The fourth-order valence-corrected chi connectivity index (χ4v) is 2.55. The predicted octanol–water partition coefficient (Wildman–Crippen LogP) is 1.53. The van der Waals surface area contributed by atoms with Crippen molar-refractivity contribution in [3.8, 4) is 0 Å². The van der Waals surface area contributed by atoms with Crippen molar-refractivity contribution >= 4 is 11.7 Å². The standard InChI is InChI=1S/C14H20N2O2/c1-16(2)11-5-3-4-10(8-11)12-6-7-15-9-13(12)14(17)18/h3-5,8,12-13,15H,6-7,9H2,1-2H3,(H,17,18). The van der Waals surface area contributed by atoms with Gasteiger partial charge >= 0.3 is 5.97 Å². The Labute approximate surface area is 108 Å². The maximum Gasteiger partial charge on any atom is 0.308 e. The number of nitrogens with zero attached hydrogens (tertiary/aromatic N) is 1. The Hall–Kier alpha value is -1.55.